The maximum absolute atomic E-state index is 13.0. The minimum absolute atomic E-state index is 0.244. The Balaban J connectivity index is 1.33. The van der Waals surface area contributed by atoms with E-state index in [1.807, 2.05) is 24.3 Å². The lowest BCUT2D eigenvalue weighted by Crippen LogP contribution is -2.43. The zero-order chi connectivity index (χ0) is 16.1. The van der Waals surface area contributed by atoms with Crippen molar-refractivity contribution in [3.05, 3.63) is 30.2 Å². The smallest absolute Gasteiger partial charge is 0.225 e. The second kappa shape index (κ2) is 5.61. The third-order valence-electron chi connectivity index (χ3n) is 6.45. The molecule has 2 bridgehead atoms. The Morgan fingerprint density at radius 1 is 1.17 bits per heavy atom. The van der Waals surface area contributed by atoms with Crippen molar-refractivity contribution in [2.75, 3.05) is 13.1 Å². The molecule has 2 saturated carbocycles. The van der Waals surface area contributed by atoms with Crippen LogP contribution in [0, 0.1) is 17.8 Å². The first-order valence-electron chi connectivity index (χ1n) is 9.42. The highest BCUT2D eigenvalue weighted by Crippen LogP contribution is 2.49. The fourth-order valence-corrected chi connectivity index (χ4v) is 5.23. The summed E-state index contributed by atoms with van der Waals surface area (Å²) < 4.78 is 5.96. The molecule has 5 rings (SSSR count). The number of fused-ring (bicyclic) bond motifs is 3. The Kier molecular flexibility index (Phi) is 3.39. The number of rotatable bonds is 2. The number of hydrogen-bond donors (Lipinski definition) is 0. The summed E-state index contributed by atoms with van der Waals surface area (Å²) in [6, 6.07) is 7.92. The van der Waals surface area contributed by atoms with Crippen molar-refractivity contribution in [1.82, 2.24) is 9.88 Å². The van der Waals surface area contributed by atoms with E-state index in [-0.39, 0.29) is 5.92 Å². The van der Waals surface area contributed by atoms with Gasteiger partial charge in [0.2, 0.25) is 5.91 Å². The van der Waals surface area contributed by atoms with Gasteiger partial charge in [0.05, 0.1) is 5.92 Å². The van der Waals surface area contributed by atoms with E-state index in [1.165, 1.54) is 19.3 Å². The first kappa shape index (κ1) is 14.5. The van der Waals surface area contributed by atoms with Gasteiger partial charge in [-0.1, -0.05) is 18.6 Å². The molecule has 2 heterocycles. The van der Waals surface area contributed by atoms with Gasteiger partial charge in [-0.15, -0.1) is 0 Å². The van der Waals surface area contributed by atoms with Crippen molar-refractivity contribution in [2.45, 2.75) is 44.4 Å². The molecule has 0 N–H and O–H groups in total. The quantitative estimate of drug-likeness (QED) is 0.839. The van der Waals surface area contributed by atoms with E-state index in [4.69, 9.17) is 4.42 Å². The second-order valence-corrected chi connectivity index (χ2v) is 7.92. The number of likely N-dealkylation sites (tertiary alicyclic amines) is 1. The van der Waals surface area contributed by atoms with Crippen LogP contribution in [-0.2, 0) is 4.79 Å². The Labute approximate surface area is 142 Å². The van der Waals surface area contributed by atoms with Crippen LogP contribution in [0.25, 0.3) is 11.1 Å². The summed E-state index contributed by atoms with van der Waals surface area (Å²) in [4.78, 5) is 19.8. The maximum atomic E-state index is 13.0. The van der Waals surface area contributed by atoms with Crippen molar-refractivity contribution in [3.63, 3.8) is 0 Å². The Morgan fingerprint density at radius 2 is 2.08 bits per heavy atom. The van der Waals surface area contributed by atoms with Gasteiger partial charge in [-0.25, -0.2) is 4.98 Å². The van der Waals surface area contributed by atoms with Gasteiger partial charge in [0.25, 0.3) is 0 Å². The molecular formula is C20H24N2O2. The molecular weight excluding hydrogens is 300 g/mol. The van der Waals surface area contributed by atoms with Gasteiger partial charge >= 0.3 is 0 Å². The molecule has 2 aromatic rings. The van der Waals surface area contributed by atoms with Crippen LogP contribution in [0.1, 0.15) is 50.3 Å². The van der Waals surface area contributed by atoms with E-state index in [2.05, 4.69) is 9.88 Å². The molecule has 0 spiro atoms. The molecule has 1 aliphatic heterocycles. The van der Waals surface area contributed by atoms with Crippen LogP contribution in [0.2, 0.25) is 0 Å². The van der Waals surface area contributed by atoms with Crippen LogP contribution >= 0.6 is 0 Å². The highest BCUT2D eigenvalue weighted by atomic mass is 16.3. The molecule has 2 aliphatic carbocycles. The predicted octanol–water partition coefficient (Wildman–Crippen LogP) is 3.97. The van der Waals surface area contributed by atoms with E-state index in [0.29, 0.717) is 17.7 Å². The van der Waals surface area contributed by atoms with E-state index >= 15 is 0 Å². The summed E-state index contributed by atoms with van der Waals surface area (Å²) in [5, 5.41) is 0. The van der Waals surface area contributed by atoms with Crippen molar-refractivity contribution in [1.29, 1.82) is 0 Å². The standard InChI is InChI=1S/C20H24N2O2/c23-20(16-11-13-7-8-14(16)10-13)22-9-3-4-15(12-22)19-21-17-5-1-2-6-18(17)24-19/h1-2,5-6,13-16H,3-4,7-12H2/t13-,14-,15-,16+/m1/s1. The Hall–Kier alpha value is -1.84. The summed E-state index contributed by atoms with van der Waals surface area (Å²) in [5.41, 5.74) is 1.77. The average Bonchev–Trinajstić information content (AvgIpc) is 3.35. The fraction of sp³-hybridized carbons (Fsp3) is 0.600. The SMILES string of the molecule is O=C([C@H]1C[C@@H]2CC[C@@H]1C2)N1CCC[C@@H](c2nc3ccccc3o2)C1. The number of carbonyl (C=O) groups is 1. The number of oxazole rings is 1. The number of benzene rings is 1. The fourth-order valence-electron chi connectivity index (χ4n) is 5.23. The van der Waals surface area contributed by atoms with Crippen molar-refractivity contribution in [2.24, 2.45) is 17.8 Å². The van der Waals surface area contributed by atoms with Gasteiger partial charge in [0.1, 0.15) is 5.52 Å². The van der Waals surface area contributed by atoms with Gasteiger partial charge in [-0.3, -0.25) is 4.79 Å². The molecule has 3 fully saturated rings. The number of nitrogens with zero attached hydrogens (tertiary/aromatic N) is 2. The molecule has 1 aromatic heterocycles. The van der Waals surface area contributed by atoms with Crippen LogP contribution in [0.5, 0.6) is 0 Å². The van der Waals surface area contributed by atoms with Crippen molar-refractivity contribution >= 4 is 17.0 Å². The van der Waals surface area contributed by atoms with Crippen LogP contribution in [-0.4, -0.2) is 28.9 Å². The minimum Gasteiger partial charge on any atom is -0.440 e. The van der Waals surface area contributed by atoms with E-state index in [1.54, 1.807) is 0 Å². The summed E-state index contributed by atoms with van der Waals surface area (Å²) in [5.74, 6) is 3.23. The number of piperidine rings is 1. The Morgan fingerprint density at radius 3 is 2.88 bits per heavy atom. The van der Waals surface area contributed by atoms with Gasteiger partial charge in [-0.05, 0) is 56.1 Å². The lowest BCUT2D eigenvalue weighted by molar-refractivity contribution is -0.138. The summed E-state index contributed by atoms with van der Waals surface area (Å²) in [7, 11) is 0. The predicted molar refractivity (Wildman–Crippen MR) is 91.5 cm³/mol. The van der Waals surface area contributed by atoms with Gasteiger partial charge in [-0.2, -0.15) is 0 Å². The highest BCUT2D eigenvalue weighted by molar-refractivity contribution is 5.80. The molecule has 1 saturated heterocycles. The molecule has 4 heteroatoms. The summed E-state index contributed by atoms with van der Waals surface area (Å²) >= 11 is 0. The number of hydrogen-bond acceptors (Lipinski definition) is 3. The lowest BCUT2D eigenvalue weighted by Gasteiger charge is -2.35. The van der Waals surface area contributed by atoms with Crippen LogP contribution < -0.4 is 0 Å². The molecule has 0 radical (unpaired) electrons. The average molecular weight is 324 g/mol. The number of aromatic nitrogens is 1. The van der Waals surface area contributed by atoms with Crippen molar-refractivity contribution < 1.29 is 9.21 Å². The second-order valence-electron chi connectivity index (χ2n) is 7.92. The molecule has 1 aromatic carbocycles. The number of amides is 1. The van der Waals surface area contributed by atoms with Gasteiger partial charge < -0.3 is 9.32 Å². The van der Waals surface area contributed by atoms with Crippen molar-refractivity contribution in [3.8, 4) is 0 Å². The minimum atomic E-state index is 0.244. The first-order valence-corrected chi connectivity index (χ1v) is 9.42. The largest absolute Gasteiger partial charge is 0.440 e. The van der Waals surface area contributed by atoms with Crippen LogP contribution in [0.4, 0.5) is 0 Å². The summed E-state index contributed by atoms with van der Waals surface area (Å²) in [6.07, 6.45) is 7.15. The van der Waals surface area contributed by atoms with E-state index < -0.39 is 0 Å². The molecule has 3 aliphatic rings. The molecule has 0 unspecified atom stereocenters. The van der Waals surface area contributed by atoms with Crippen LogP contribution in [0.3, 0.4) is 0 Å². The van der Waals surface area contributed by atoms with Gasteiger partial charge in [0.15, 0.2) is 11.5 Å². The summed E-state index contributed by atoms with van der Waals surface area (Å²) in [6.45, 7) is 1.68. The Bertz CT molecular complexity index is 735. The molecule has 126 valence electrons. The van der Waals surface area contributed by atoms with Crippen LogP contribution in [0.15, 0.2) is 28.7 Å². The van der Waals surface area contributed by atoms with Gasteiger partial charge in [0, 0.05) is 19.0 Å². The monoisotopic (exact) mass is 324 g/mol. The first-order chi connectivity index (χ1) is 11.8. The van der Waals surface area contributed by atoms with E-state index in [9.17, 15) is 4.79 Å². The molecule has 24 heavy (non-hydrogen) atoms. The highest BCUT2D eigenvalue weighted by Gasteiger charge is 2.45. The zero-order valence-corrected chi connectivity index (χ0v) is 14.0. The third kappa shape index (κ3) is 2.35. The molecule has 1 amide bonds. The maximum Gasteiger partial charge on any atom is 0.225 e. The number of para-hydroxylation sites is 2. The molecule has 4 nitrogen and oxygen atoms in total. The zero-order valence-electron chi connectivity index (χ0n) is 14.0. The third-order valence-corrected chi connectivity index (χ3v) is 6.45. The molecule has 4 atom stereocenters. The normalized spacial score (nSPS) is 32.6. The van der Waals surface area contributed by atoms with E-state index in [0.717, 1.165) is 55.3 Å². The lowest BCUT2D eigenvalue weighted by atomic mass is 9.86. The topological polar surface area (TPSA) is 46.3 Å². The number of carbonyl (C=O) groups excluding carboxylic acids is 1.